The van der Waals surface area contributed by atoms with Gasteiger partial charge in [-0.3, -0.25) is 0 Å². The molecule has 0 aliphatic carbocycles. The highest BCUT2D eigenvalue weighted by atomic mass is 16.3. The van der Waals surface area contributed by atoms with E-state index >= 15 is 0 Å². The van der Waals surface area contributed by atoms with Crippen LogP contribution in [0.2, 0.25) is 0 Å². The molecule has 0 unspecified atom stereocenters. The molecular weight excluding hydrogens is 102 g/mol. The first-order chi connectivity index (χ1) is 3.97. The average Bonchev–Trinajstić information content (AvgIpc) is 2.15. The number of rotatable bonds is 0. The van der Waals surface area contributed by atoms with Crippen LogP contribution >= 0.6 is 0 Å². The van der Waals surface area contributed by atoms with Gasteiger partial charge in [-0.2, -0.15) is 0 Å². The van der Waals surface area contributed by atoms with Gasteiger partial charge in [0, 0.05) is 11.6 Å². The number of furan rings is 1. The highest BCUT2D eigenvalue weighted by Gasteiger charge is 1.91. The molecule has 0 saturated carbocycles. The van der Waals surface area contributed by atoms with Gasteiger partial charge in [0.1, 0.15) is 0 Å². The third-order valence-electron chi connectivity index (χ3n) is 1.17. The van der Waals surface area contributed by atoms with Crippen LogP contribution in [0.3, 0.4) is 0 Å². The van der Waals surface area contributed by atoms with E-state index < -0.39 is 0 Å². The van der Waals surface area contributed by atoms with Crippen LogP contribution in [0.25, 0.3) is 11.1 Å². The zero-order valence-electron chi connectivity index (χ0n) is 4.22. The van der Waals surface area contributed by atoms with Crippen LogP contribution in [-0.4, -0.2) is 4.98 Å². The van der Waals surface area contributed by atoms with Crippen molar-refractivity contribution in [3.8, 4) is 0 Å². The molecule has 0 aromatic carbocycles. The van der Waals surface area contributed by atoms with Crippen molar-refractivity contribution in [3.05, 3.63) is 24.6 Å². The summed E-state index contributed by atoms with van der Waals surface area (Å²) in [7, 11) is 0. The van der Waals surface area contributed by atoms with Gasteiger partial charge in [0.2, 0.25) is 5.71 Å². The topological polar surface area (TPSA) is 28.9 Å². The molecule has 2 rings (SSSR count). The first kappa shape index (κ1) is 3.78. The molecule has 0 atom stereocenters. The Hall–Kier alpha value is -1.18. The lowest BCUT2D eigenvalue weighted by atomic mass is 10.4. The van der Waals surface area contributed by atoms with Gasteiger partial charge in [-0.1, -0.05) is 0 Å². The van der Waals surface area contributed by atoms with E-state index in [4.69, 9.17) is 4.42 Å². The smallest absolute Gasteiger partial charge is 0.203 e. The van der Waals surface area contributed by atoms with Crippen molar-refractivity contribution in [2.45, 2.75) is 0 Å². The molecule has 8 heavy (non-hydrogen) atoms. The lowest BCUT2D eigenvalue weighted by molar-refractivity contribution is 0.604. The SMILES string of the molecule is c1cc2ccoc2[nH]1. The Morgan fingerprint density at radius 1 is 1.38 bits per heavy atom. The van der Waals surface area contributed by atoms with E-state index in [1.807, 2.05) is 18.3 Å². The lowest BCUT2D eigenvalue weighted by Gasteiger charge is -1.68. The van der Waals surface area contributed by atoms with Crippen LogP contribution in [0, 0.1) is 0 Å². The van der Waals surface area contributed by atoms with Crippen LogP contribution in [0.1, 0.15) is 0 Å². The van der Waals surface area contributed by atoms with Crippen molar-refractivity contribution in [3.63, 3.8) is 0 Å². The second-order valence-electron chi connectivity index (χ2n) is 1.68. The minimum atomic E-state index is 0.852. The van der Waals surface area contributed by atoms with E-state index in [1.54, 1.807) is 6.26 Å². The molecule has 2 nitrogen and oxygen atoms in total. The monoisotopic (exact) mass is 107 g/mol. The van der Waals surface area contributed by atoms with Crippen LogP contribution in [-0.2, 0) is 0 Å². The quantitative estimate of drug-likeness (QED) is 0.546. The summed E-state index contributed by atoms with van der Waals surface area (Å²) in [6, 6.07) is 3.89. The minimum absolute atomic E-state index is 0.852. The zero-order valence-corrected chi connectivity index (χ0v) is 4.22. The van der Waals surface area contributed by atoms with Gasteiger partial charge in [0.05, 0.1) is 6.26 Å². The molecule has 2 heteroatoms. The van der Waals surface area contributed by atoms with Crippen molar-refractivity contribution in [1.82, 2.24) is 4.98 Å². The summed E-state index contributed by atoms with van der Waals surface area (Å²) in [5, 5.41) is 1.13. The Labute approximate surface area is 46.1 Å². The number of H-pyrrole nitrogens is 1. The molecule has 1 N–H and O–H groups in total. The van der Waals surface area contributed by atoms with Crippen LogP contribution in [0.4, 0.5) is 0 Å². The molecule has 0 bridgehead atoms. The number of hydrogen-bond donors (Lipinski definition) is 1. The van der Waals surface area contributed by atoms with Crippen molar-refractivity contribution in [2.24, 2.45) is 0 Å². The van der Waals surface area contributed by atoms with Crippen LogP contribution in [0.15, 0.2) is 29.0 Å². The number of aromatic amines is 1. The predicted molar refractivity (Wildman–Crippen MR) is 30.6 cm³/mol. The first-order valence-corrected chi connectivity index (χ1v) is 2.47. The Balaban J connectivity index is 3.06. The fraction of sp³-hybridized carbons (Fsp3) is 0. The summed E-state index contributed by atoms with van der Waals surface area (Å²) in [4.78, 5) is 2.93. The summed E-state index contributed by atoms with van der Waals surface area (Å²) in [5.74, 6) is 0. The largest absolute Gasteiger partial charge is 0.448 e. The maximum Gasteiger partial charge on any atom is 0.203 e. The summed E-state index contributed by atoms with van der Waals surface area (Å²) < 4.78 is 5.00. The zero-order chi connectivity index (χ0) is 5.40. The number of hydrogen-bond acceptors (Lipinski definition) is 1. The molecule has 0 aliphatic rings. The van der Waals surface area contributed by atoms with Gasteiger partial charge in [-0.25, -0.2) is 0 Å². The summed E-state index contributed by atoms with van der Waals surface area (Å²) in [6.07, 6.45) is 3.52. The average molecular weight is 107 g/mol. The molecule has 2 aromatic rings. The minimum Gasteiger partial charge on any atom is -0.448 e. The van der Waals surface area contributed by atoms with Crippen molar-refractivity contribution >= 4 is 11.1 Å². The standard InChI is InChI=1S/C6H5NO/c1-3-7-6-5(1)2-4-8-6/h1-4,7H. The molecule has 2 heterocycles. The normalized spacial score (nSPS) is 10.5. The predicted octanol–water partition coefficient (Wildman–Crippen LogP) is 1.76. The second kappa shape index (κ2) is 1.15. The van der Waals surface area contributed by atoms with E-state index in [0.717, 1.165) is 11.1 Å². The Morgan fingerprint density at radius 2 is 2.38 bits per heavy atom. The number of fused-ring (bicyclic) bond motifs is 1. The van der Waals surface area contributed by atoms with E-state index in [9.17, 15) is 0 Å². The van der Waals surface area contributed by atoms with Crippen LogP contribution in [0.5, 0.6) is 0 Å². The van der Waals surface area contributed by atoms with E-state index in [0.29, 0.717) is 0 Å². The first-order valence-electron chi connectivity index (χ1n) is 2.47. The summed E-state index contributed by atoms with van der Waals surface area (Å²) >= 11 is 0. The van der Waals surface area contributed by atoms with Crippen molar-refractivity contribution < 1.29 is 4.42 Å². The molecule has 0 aliphatic heterocycles. The Kier molecular flexibility index (Phi) is 0.545. The lowest BCUT2D eigenvalue weighted by Crippen LogP contribution is -1.49. The van der Waals surface area contributed by atoms with E-state index in [-0.39, 0.29) is 0 Å². The summed E-state index contributed by atoms with van der Waals surface area (Å²) in [5.41, 5.74) is 0.852. The van der Waals surface area contributed by atoms with Gasteiger partial charge >= 0.3 is 0 Å². The van der Waals surface area contributed by atoms with Crippen molar-refractivity contribution in [1.29, 1.82) is 0 Å². The fourth-order valence-corrected chi connectivity index (χ4v) is 0.775. The maximum atomic E-state index is 5.00. The van der Waals surface area contributed by atoms with Gasteiger partial charge in [0.15, 0.2) is 0 Å². The highest BCUT2D eigenvalue weighted by molar-refractivity contribution is 5.73. The number of aromatic nitrogens is 1. The van der Waals surface area contributed by atoms with Gasteiger partial charge in [0.25, 0.3) is 0 Å². The Morgan fingerprint density at radius 3 is 3.25 bits per heavy atom. The van der Waals surface area contributed by atoms with Gasteiger partial charge in [-0.05, 0) is 12.1 Å². The van der Waals surface area contributed by atoms with E-state index in [1.165, 1.54) is 0 Å². The molecular formula is C6H5NO. The maximum absolute atomic E-state index is 5.00. The molecule has 0 saturated heterocycles. The van der Waals surface area contributed by atoms with Gasteiger partial charge in [-0.15, -0.1) is 0 Å². The molecule has 0 fully saturated rings. The van der Waals surface area contributed by atoms with Crippen LogP contribution < -0.4 is 0 Å². The van der Waals surface area contributed by atoms with Crippen molar-refractivity contribution in [2.75, 3.05) is 0 Å². The highest BCUT2D eigenvalue weighted by Crippen LogP contribution is 2.10. The number of nitrogens with one attached hydrogen (secondary N) is 1. The van der Waals surface area contributed by atoms with Gasteiger partial charge < -0.3 is 9.40 Å². The summed E-state index contributed by atoms with van der Waals surface area (Å²) in [6.45, 7) is 0. The Bertz CT molecular complexity index is 230. The third kappa shape index (κ3) is 0.320. The molecule has 0 amide bonds. The molecule has 0 spiro atoms. The second-order valence-corrected chi connectivity index (χ2v) is 1.68. The third-order valence-corrected chi connectivity index (χ3v) is 1.17. The van der Waals surface area contributed by atoms with E-state index in [2.05, 4.69) is 4.98 Å². The molecule has 2 aromatic heterocycles. The molecule has 0 radical (unpaired) electrons. The fourth-order valence-electron chi connectivity index (χ4n) is 0.775. The molecule has 40 valence electrons.